The number of esters is 1. The molecule has 1 fully saturated rings. The number of nitrogens with two attached hydrogens (primary N) is 1. The number of carbonyl (C=O) groups is 2. The maximum Gasteiger partial charge on any atom is 0.316 e. The summed E-state index contributed by atoms with van der Waals surface area (Å²) in [7, 11) is 1.31. The molecule has 1 heterocycles. The molecule has 2 aliphatic rings. The zero-order chi connectivity index (χ0) is 21.2. The van der Waals surface area contributed by atoms with Gasteiger partial charge in [0, 0.05) is 30.6 Å². The highest BCUT2D eigenvalue weighted by Gasteiger charge is 2.53. The van der Waals surface area contributed by atoms with Crippen LogP contribution < -0.4 is 5.73 Å². The third-order valence-corrected chi connectivity index (χ3v) is 5.37. The summed E-state index contributed by atoms with van der Waals surface area (Å²) in [5, 5.41) is 9.24. The highest BCUT2D eigenvalue weighted by molar-refractivity contribution is 6.05. The number of aliphatic imine (C=N–C) groups is 1. The van der Waals surface area contributed by atoms with Crippen LogP contribution in [0.4, 0.5) is 10.1 Å². The molecule has 1 saturated carbocycles. The third-order valence-electron chi connectivity index (χ3n) is 5.37. The summed E-state index contributed by atoms with van der Waals surface area (Å²) >= 11 is 0. The van der Waals surface area contributed by atoms with Crippen molar-refractivity contribution in [3.63, 3.8) is 0 Å². The zero-order valence-corrected chi connectivity index (χ0v) is 16.7. The highest BCUT2D eigenvalue weighted by Crippen LogP contribution is 2.50. The van der Waals surface area contributed by atoms with Crippen LogP contribution >= 0.6 is 0 Å². The van der Waals surface area contributed by atoms with Crippen molar-refractivity contribution < 1.29 is 23.8 Å². The minimum absolute atomic E-state index is 0.0794. The Morgan fingerprint density at radius 3 is 2.66 bits per heavy atom. The molecule has 1 aromatic rings. The van der Waals surface area contributed by atoms with Gasteiger partial charge in [0.15, 0.2) is 0 Å². The number of nitrogens with zero attached hydrogens (tertiary/aromatic N) is 2. The topological polar surface area (TPSA) is 105 Å². The van der Waals surface area contributed by atoms with E-state index in [0.717, 1.165) is 6.42 Å². The molecule has 29 heavy (non-hydrogen) atoms. The SMILES string of the molecule is CCCN(CCO)C(=O)C1=Cc2c(F)cc(C3(C(=O)OC)CC3)cc2N=C(N)C1. The molecule has 0 radical (unpaired) electrons. The lowest BCUT2D eigenvalue weighted by Gasteiger charge is -2.22. The van der Waals surface area contributed by atoms with Crippen LogP contribution in [0.25, 0.3) is 6.08 Å². The number of aliphatic hydroxyl groups excluding tert-OH is 1. The number of amides is 1. The largest absolute Gasteiger partial charge is 0.468 e. The molecular formula is C21H26FN3O4. The number of hydrogen-bond acceptors (Lipinski definition) is 6. The van der Waals surface area contributed by atoms with Gasteiger partial charge >= 0.3 is 5.97 Å². The molecule has 0 bridgehead atoms. The molecule has 0 aromatic heterocycles. The van der Waals surface area contributed by atoms with Crippen molar-refractivity contribution in [2.24, 2.45) is 10.7 Å². The van der Waals surface area contributed by atoms with Gasteiger partial charge in [-0.05, 0) is 43.0 Å². The molecule has 1 aliphatic carbocycles. The first-order valence-corrected chi connectivity index (χ1v) is 9.72. The standard InChI is InChI=1S/C21H26FN3O4/c1-3-6-25(7-8-26)19(27)13-9-15-16(22)11-14(12-17(15)24-18(23)10-13)21(4-5-21)20(28)29-2/h9,11-12,26H,3-8,10H2,1-2H3,(H2,23,24). The molecular weight excluding hydrogens is 377 g/mol. The van der Waals surface area contributed by atoms with Crippen LogP contribution in [0.3, 0.4) is 0 Å². The smallest absolute Gasteiger partial charge is 0.316 e. The van der Waals surface area contributed by atoms with Crippen LogP contribution in [-0.4, -0.2) is 54.5 Å². The normalized spacial score (nSPS) is 16.8. The maximum atomic E-state index is 15.0. The van der Waals surface area contributed by atoms with Crippen molar-refractivity contribution in [3.05, 3.63) is 34.6 Å². The van der Waals surface area contributed by atoms with E-state index in [2.05, 4.69) is 4.99 Å². The molecule has 0 spiro atoms. The third kappa shape index (κ3) is 4.03. The van der Waals surface area contributed by atoms with Gasteiger partial charge in [-0.3, -0.25) is 9.59 Å². The molecule has 0 unspecified atom stereocenters. The Hall–Kier alpha value is -2.74. The van der Waals surface area contributed by atoms with Gasteiger partial charge in [-0.15, -0.1) is 0 Å². The van der Waals surface area contributed by atoms with Crippen molar-refractivity contribution in [1.82, 2.24) is 4.90 Å². The summed E-state index contributed by atoms with van der Waals surface area (Å²) in [5.41, 5.74) is 6.46. The summed E-state index contributed by atoms with van der Waals surface area (Å²) in [6.45, 7) is 2.44. The second-order valence-corrected chi connectivity index (χ2v) is 7.43. The van der Waals surface area contributed by atoms with E-state index in [-0.39, 0.29) is 36.9 Å². The van der Waals surface area contributed by atoms with E-state index >= 15 is 4.39 Å². The number of amidine groups is 1. The highest BCUT2D eigenvalue weighted by atomic mass is 19.1. The van der Waals surface area contributed by atoms with Gasteiger partial charge in [0.2, 0.25) is 5.91 Å². The molecule has 1 aliphatic heterocycles. The minimum atomic E-state index is -0.831. The number of hydrogen-bond donors (Lipinski definition) is 2. The van der Waals surface area contributed by atoms with E-state index in [0.29, 0.717) is 36.2 Å². The first-order valence-electron chi connectivity index (χ1n) is 9.72. The van der Waals surface area contributed by atoms with E-state index in [1.807, 2.05) is 6.92 Å². The second kappa shape index (κ2) is 8.32. The molecule has 7 nitrogen and oxygen atoms in total. The fourth-order valence-electron chi connectivity index (χ4n) is 3.71. The monoisotopic (exact) mass is 403 g/mol. The first-order chi connectivity index (χ1) is 13.9. The van der Waals surface area contributed by atoms with Crippen LogP contribution in [-0.2, 0) is 19.7 Å². The fraction of sp³-hybridized carbons (Fsp3) is 0.476. The van der Waals surface area contributed by atoms with E-state index in [4.69, 9.17) is 10.5 Å². The summed E-state index contributed by atoms with van der Waals surface area (Å²) < 4.78 is 19.9. The quantitative estimate of drug-likeness (QED) is 0.678. The second-order valence-electron chi connectivity index (χ2n) is 7.43. The summed E-state index contributed by atoms with van der Waals surface area (Å²) in [6.07, 6.45) is 3.45. The zero-order valence-electron chi connectivity index (χ0n) is 16.7. The van der Waals surface area contributed by atoms with Crippen LogP contribution in [0.2, 0.25) is 0 Å². The molecule has 0 atom stereocenters. The van der Waals surface area contributed by atoms with Gasteiger partial charge in [-0.2, -0.15) is 0 Å². The number of aliphatic hydroxyl groups is 1. The van der Waals surface area contributed by atoms with Crippen molar-refractivity contribution in [1.29, 1.82) is 0 Å². The number of fused-ring (bicyclic) bond motifs is 1. The number of benzene rings is 1. The number of carbonyl (C=O) groups excluding carboxylic acids is 2. The fourth-order valence-corrected chi connectivity index (χ4v) is 3.71. The van der Waals surface area contributed by atoms with E-state index < -0.39 is 17.2 Å². The lowest BCUT2D eigenvalue weighted by atomic mass is 9.93. The predicted octanol–water partition coefficient (Wildman–Crippen LogP) is 2.04. The first kappa shape index (κ1) is 21.0. The Balaban J connectivity index is 2.02. The van der Waals surface area contributed by atoms with Crippen molar-refractivity contribution >= 4 is 29.5 Å². The Morgan fingerprint density at radius 1 is 1.34 bits per heavy atom. The van der Waals surface area contributed by atoms with Gasteiger partial charge < -0.3 is 20.5 Å². The lowest BCUT2D eigenvalue weighted by Crippen LogP contribution is -2.36. The Labute approximate surface area is 169 Å². The van der Waals surface area contributed by atoms with Crippen LogP contribution in [0, 0.1) is 5.82 Å². The Morgan fingerprint density at radius 2 is 2.07 bits per heavy atom. The van der Waals surface area contributed by atoms with Crippen LogP contribution in [0.1, 0.15) is 43.7 Å². The molecule has 1 amide bonds. The number of methoxy groups -OCH3 is 1. The molecule has 3 N–H and O–H groups in total. The van der Waals surface area contributed by atoms with Crippen LogP contribution in [0.5, 0.6) is 0 Å². The van der Waals surface area contributed by atoms with Crippen molar-refractivity contribution in [2.75, 3.05) is 26.8 Å². The molecule has 156 valence electrons. The van der Waals surface area contributed by atoms with E-state index in [1.54, 1.807) is 6.07 Å². The number of halogens is 1. The molecule has 1 aromatic carbocycles. The van der Waals surface area contributed by atoms with E-state index in [1.165, 1.54) is 24.2 Å². The maximum absolute atomic E-state index is 15.0. The van der Waals surface area contributed by atoms with Crippen molar-refractivity contribution in [2.45, 2.75) is 38.0 Å². The van der Waals surface area contributed by atoms with Gasteiger partial charge in [0.05, 0.1) is 24.8 Å². The van der Waals surface area contributed by atoms with E-state index in [9.17, 15) is 14.7 Å². The van der Waals surface area contributed by atoms with Gasteiger partial charge in [0.1, 0.15) is 11.7 Å². The predicted molar refractivity (Wildman–Crippen MR) is 107 cm³/mol. The van der Waals surface area contributed by atoms with Crippen molar-refractivity contribution in [3.8, 4) is 0 Å². The van der Waals surface area contributed by atoms with Gasteiger partial charge in [-0.25, -0.2) is 9.38 Å². The molecule has 0 saturated heterocycles. The summed E-state index contributed by atoms with van der Waals surface area (Å²) in [6, 6.07) is 2.96. The van der Waals surface area contributed by atoms with Crippen LogP contribution in [0.15, 0.2) is 22.7 Å². The Bertz CT molecular complexity index is 884. The number of ether oxygens (including phenoxy) is 1. The van der Waals surface area contributed by atoms with Gasteiger partial charge in [-0.1, -0.05) is 6.92 Å². The summed E-state index contributed by atoms with van der Waals surface area (Å²) in [4.78, 5) is 30.9. The average molecular weight is 403 g/mol. The number of rotatable bonds is 7. The Kier molecular flexibility index (Phi) is 6.02. The minimum Gasteiger partial charge on any atom is -0.468 e. The molecule has 3 rings (SSSR count). The lowest BCUT2D eigenvalue weighted by molar-refractivity contribution is -0.143. The molecule has 8 heteroatoms. The average Bonchev–Trinajstić information content (AvgIpc) is 3.51. The summed E-state index contributed by atoms with van der Waals surface area (Å²) in [5.74, 6) is -1.08. The van der Waals surface area contributed by atoms with Gasteiger partial charge in [0.25, 0.3) is 0 Å².